The summed E-state index contributed by atoms with van der Waals surface area (Å²) in [6, 6.07) is 10.1. The van der Waals surface area contributed by atoms with Crippen LogP contribution in [0.15, 0.2) is 36.5 Å². The normalized spacial score (nSPS) is 14.9. The molecule has 2 N–H and O–H groups in total. The van der Waals surface area contributed by atoms with Gasteiger partial charge in [-0.3, -0.25) is 4.79 Å². The summed E-state index contributed by atoms with van der Waals surface area (Å²) in [4.78, 5) is 11.9. The Morgan fingerprint density at radius 1 is 1.37 bits per heavy atom. The lowest BCUT2D eigenvalue weighted by Gasteiger charge is -2.26. The van der Waals surface area contributed by atoms with Gasteiger partial charge in [-0.05, 0) is 5.56 Å². The standard InChI is InChI=1S/C13H15N5O/c19-13(15-6-10-4-2-1-3-5-10)12-9-18(17-16-12)11-7-14-8-11/h1-5,9,11,14H,6-8H2,(H,15,19). The highest BCUT2D eigenvalue weighted by molar-refractivity contribution is 5.91. The van der Waals surface area contributed by atoms with E-state index in [4.69, 9.17) is 0 Å². The molecular weight excluding hydrogens is 242 g/mol. The average Bonchev–Trinajstić information content (AvgIpc) is 2.84. The SMILES string of the molecule is O=C(NCc1ccccc1)c1cn(C2CNC2)nn1. The first-order valence-corrected chi connectivity index (χ1v) is 6.27. The first kappa shape index (κ1) is 11.9. The summed E-state index contributed by atoms with van der Waals surface area (Å²) in [5, 5.41) is 13.9. The van der Waals surface area contributed by atoms with Gasteiger partial charge in [0.2, 0.25) is 0 Å². The number of nitrogens with zero attached hydrogens (tertiary/aromatic N) is 3. The molecule has 0 unspecified atom stereocenters. The van der Waals surface area contributed by atoms with Crippen LogP contribution in [0, 0.1) is 0 Å². The monoisotopic (exact) mass is 257 g/mol. The molecule has 0 bridgehead atoms. The number of carbonyl (C=O) groups is 1. The molecule has 0 aliphatic carbocycles. The van der Waals surface area contributed by atoms with Crippen molar-refractivity contribution in [3.8, 4) is 0 Å². The van der Waals surface area contributed by atoms with E-state index in [0.29, 0.717) is 18.3 Å². The molecule has 1 amide bonds. The molecule has 1 aliphatic rings. The fourth-order valence-corrected chi connectivity index (χ4v) is 1.89. The van der Waals surface area contributed by atoms with Crippen LogP contribution in [0.25, 0.3) is 0 Å². The van der Waals surface area contributed by atoms with Crippen LogP contribution < -0.4 is 10.6 Å². The van der Waals surface area contributed by atoms with Crippen LogP contribution in [-0.4, -0.2) is 34.0 Å². The molecule has 2 heterocycles. The van der Waals surface area contributed by atoms with Gasteiger partial charge in [0.25, 0.3) is 5.91 Å². The Morgan fingerprint density at radius 2 is 2.16 bits per heavy atom. The van der Waals surface area contributed by atoms with Crippen molar-refractivity contribution in [2.24, 2.45) is 0 Å². The van der Waals surface area contributed by atoms with E-state index >= 15 is 0 Å². The van der Waals surface area contributed by atoms with E-state index in [1.165, 1.54) is 0 Å². The van der Waals surface area contributed by atoms with Gasteiger partial charge < -0.3 is 10.6 Å². The predicted octanol–water partition coefficient (Wildman–Crippen LogP) is 0.352. The lowest BCUT2D eigenvalue weighted by Crippen LogP contribution is -2.43. The molecule has 6 heteroatoms. The van der Waals surface area contributed by atoms with Crippen molar-refractivity contribution in [1.29, 1.82) is 0 Å². The number of hydrogen-bond donors (Lipinski definition) is 2. The zero-order valence-electron chi connectivity index (χ0n) is 10.4. The molecule has 1 saturated heterocycles. The van der Waals surface area contributed by atoms with Crippen LogP contribution in [0.5, 0.6) is 0 Å². The van der Waals surface area contributed by atoms with Gasteiger partial charge in [0, 0.05) is 19.6 Å². The Labute approximate surface area is 110 Å². The van der Waals surface area contributed by atoms with Crippen molar-refractivity contribution < 1.29 is 4.79 Å². The van der Waals surface area contributed by atoms with Crippen LogP contribution in [-0.2, 0) is 6.54 Å². The van der Waals surface area contributed by atoms with E-state index in [2.05, 4.69) is 20.9 Å². The molecule has 2 aromatic rings. The summed E-state index contributed by atoms with van der Waals surface area (Å²) in [5.74, 6) is -0.192. The number of benzene rings is 1. The van der Waals surface area contributed by atoms with Gasteiger partial charge in [-0.25, -0.2) is 4.68 Å². The fourth-order valence-electron chi connectivity index (χ4n) is 1.89. The third kappa shape index (κ3) is 2.63. The maximum atomic E-state index is 11.9. The number of nitrogens with one attached hydrogen (secondary N) is 2. The van der Waals surface area contributed by atoms with Crippen molar-refractivity contribution in [3.63, 3.8) is 0 Å². The minimum Gasteiger partial charge on any atom is -0.347 e. The zero-order valence-corrected chi connectivity index (χ0v) is 10.4. The third-order valence-corrected chi connectivity index (χ3v) is 3.17. The van der Waals surface area contributed by atoms with E-state index in [-0.39, 0.29) is 5.91 Å². The topological polar surface area (TPSA) is 71.8 Å². The first-order chi connectivity index (χ1) is 9.33. The Bertz CT molecular complexity index is 561. The molecule has 0 radical (unpaired) electrons. The Morgan fingerprint density at radius 3 is 2.84 bits per heavy atom. The number of amides is 1. The fraction of sp³-hybridized carbons (Fsp3) is 0.308. The summed E-state index contributed by atoms with van der Waals surface area (Å²) >= 11 is 0. The van der Waals surface area contributed by atoms with Crippen molar-refractivity contribution in [1.82, 2.24) is 25.6 Å². The lowest BCUT2D eigenvalue weighted by molar-refractivity contribution is 0.0946. The highest BCUT2D eigenvalue weighted by atomic mass is 16.2. The van der Waals surface area contributed by atoms with E-state index < -0.39 is 0 Å². The van der Waals surface area contributed by atoms with Gasteiger partial charge in [-0.1, -0.05) is 35.5 Å². The van der Waals surface area contributed by atoms with Gasteiger partial charge in [-0.2, -0.15) is 0 Å². The number of rotatable bonds is 4. The molecule has 19 heavy (non-hydrogen) atoms. The third-order valence-electron chi connectivity index (χ3n) is 3.17. The summed E-state index contributed by atoms with van der Waals surface area (Å²) < 4.78 is 1.74. The second-order valence-electron chi connectivity index (χ2n) is 4.56. The van der Waals surface area contributed by atoms with Gasteiger partial charge in [0.1, 0.15) is 0 Å². The highest BCUT2D eigenvalue weighted by Gasteiger charge is 2.21. The van der Waals surface area contributed by atoms with E-state index in [9.17, 15) is 4.79 Å². The van der Waals surface area contributed by atoms with Crippen molar-refractivity contribution in [3.05, 3.63) is 47.8 Å². The molecule has 0 saturated carbocycles. The molecule has 1 aromatic carbocycles. The minimum absolute atomic E-state index is 0.192. The van der Waals surface area contributed by atoms with Crippen LogP contribution in [0.1, 0.15) is 22.1 Å². The van der Waals surface area contributed by atoms with Gasteiger partial charge >= 0.3 is 0 Å². The Balaban J connectivity index is 1.59. The minimum atomic E-state index is -0.192. The van der Waals surface area contributed by atoms with Crippen LogP contribution in [0.3, 0.4) is 0 Å². The molecular formula is C13H15N5O. The maximum absolute atomic E-state index is 11.9. The highest BCUT2D eigenvalue weighted by Crippen LogP contribution is 2.09. The lowest BCUT2D eigenvalue weighted by atomic mass is 10.2. The summed E-state index contributed by atoms with van der Waals surface area (Å²) in [6.45, 7) is 2.26. The van der Waals surface area contributed by atoms with Gasteiger partial charge in [0.15, 0.2) is 5.69 Å². The maximum Gasteiger partial charge on any atom is 0.273 e. The van der Waals surface area contributed by atoms with Crippen molar-refractivity contribution >= 4 is 5.91 Å². The molecule has 98 valence electrons. The Kier molecular flexibility index (Phi) is 3.24. The van der Waals surface area contributed by atoms with Gasteiger partial charge in [0.05, 0.1) is 12.2 Å². The molecule has 0 spiro atoms. The molecule has 0 atom stereocenters. The van der Waals surface area contributed by atoms with Crippen molar-refractivity contribution in [2.45, 2.75) is 12.6 Å². The van der Waals surface area contributed by atoms with E-state index in [0.717, 1.165) is 18.7 Å². The summed E-state index contributed by atoms with van der Waals surface area (Å²) in [6.07, 6.45) is 1.70. The van der Waals surface area contributed by atoms with E-state index in [1.54, 1.807) is 10.9 Å². The molecule has 1 fully saturated rings. The second-order valence-corrected chi connectivity index (χ2v) is 4.56. The molecule has 1 aromatic heterocycles. The van der Waals surface area contributed by atoms with Crippen LogP contribution in [0.2, 0.25) is 0 Å². The van der Waals surface area contributed by atoms with Crippen LogP contribution >= 0.6 is 0 Å². The zero-order chi connectivity index (χ0) is 13.1. The number of carbonyl (C=O) groups excluding carboxylic acids is 1. The second kappa shape index (κ2) is 5.19. The van der Waals surface area contributed by atoms with E-state index in [1.807, 2.05) is 30.3 Å². The first-order valence-electron chi connectivity index (χ1n) is 6.27. The predicted molar refractivity (Wildman–Crippen MR) is 69.5 cm³/mol. The van der Waals surface area contributed by atoms with Gasteiger partial charge in [-0.15, -0.1) is 5.10 Å². The molecule has 1 aliphatic heterocycles. The number of aromatic nitrogens is 3. The number of hydrogen-bond acceptors (Lipinski definition) is 4. The average molecular weight is 257 g/mol. The van der Waals surface area contributed by atoms with Crippen LogP contribution in [0.4, 0.5) is 0 Å². The molecule has 6 nitrogen and oxygen atoms in total. The molecule has 3 rings (SSSR count). The quantitative estimate of drug-likeness (QED) is 0.829. The summed E-state index contributed by atoms with van der Waals surface area (Å²) in [7, 11) is 0. The van der Waals surface area contributed by atoms with Crippen molar-refractivity contribution in [2.75, 3.05) is 13.1 Å². The largest absolute Gasteiger partial charge is 0.347 e. The smallest absolute Gasteiger partial charge is 0.273 e. The summed E-state index contributed by atoms with van der Waals surface area (Å²) in [5.41, 5.74) is 1.43. The Hall–Kier alpha value is -2.21.